The van der Waals surface area contributed by atoms with Crippen molar-refractivity contribution in [2.24, 2.45) is 17.8 Å². The highest BCUT2D eigenvalue weighted by Gasteiger charge is 2.51. The quantitative estimate of drug-likeness (QED) is 0.563. The van der Waals surface area contributed by atoms with Gasteiger partial charge in [0.2, 0.25) is 0 Å². The fourth-order valence-electron chi connectivity index (χ4n) is 7.81. The van der Waals surface area contributed by atoms with Crippen LogP contribution in [0.25, 0.3) is 0 Å². The molecule has 5 fully saturated rings. The Bertz CT molecular complexity index is 806. The zero-order valence-electron chi connectivity index (χ0n) is 17.7. The molecule has 1 heteroatoms. The maximum absolute atomic E-state index is 3.64. The number of anilines is 2. The molecule has 0 aromatic heterocycles. The zero-order chi connectivity index (χ0) is 19.3. The normalized spacial score (nSPS) is 33.7. The summed E-state index contributed by atoms with van der Waals surface area (Å²) in [4.78, 5) is 0. The van der Waals surface area contributed by atoms with Crippen molar-refractivity contribution in [3.05, 3.63) is 59.7 Å². The lowest BCUT2D eigenvalue weighted by atomic mass is 9.48. The average molecular weight is 386 g/mol. The molecule has 0 radical (unpaired) electrons. The standard InChI is InChI=1S/C28H35N/c1-2-4-23(5-3-1)24-6-10-26(11-7-24)29-27-12-8-25(9-13-27)28-17-20-14-21(18-28)16-22(15-20)19-28/h6-13,20-23,29H,1-5,14-19H2. The van der Waals surface area contributed by atoms with Gasteiger partial charge in [-0.1, -0.05) is 43.5 Å². The van der Waals surface area contributed by atoms with Gasteiger partial charge >= 0.3 is 0 Å². The fourth-order valence-corrected chi connectivity index (χ4v) is 7.81. The van der Waals surface area contributed by atoms with Crippen molar-refractivity contribution in [2.45, 2.75) is 82.0 Å². The van der Waals surface area contributed by atoms with Gasteiger partial charge in [-0.2, -0.15) is 0 Å². The molecule has 0 aliphatic heterocycles. The lowest BCUT2D eigenvalue weighted by molar-refractivity contribution is -0.00518. The van der Waals surface area contributed by atoms with E-state index < -0.39 is 0 Å². The van der Waals surface area contributed by atoms with E-state index in [-0.39, 0.29) is 0 Å². The molecule has 0 atom stereocenters. The first-order valence-corrected chi connectivity index (χ1v) is 12.2. The van der Waals surface area contributed by atoms with Gasteiger partial charge in [-0.3, -0.25) is 0 Å². The third-order valence-electron chi connectivity index (χ3n) is 8.81. The molecule has 0 spiro atoms. The molecule has 0 amide bonds. The molecule has 0 unspecified atom stereocenters. The molecule has 0 saturated heterocycles. The lowest BCUT2D eigenvalue weighted by Gasteiger charge is -2.57. The Labute approximate surface area is 176 Å². The van der Waals surface area contributed by atoms with Crippen LogP contribution >= 0.6 is 0 Å². The molecule has 29 heavy (non-hydrogen) atoms. The summed E-state index contributed by atoms with van der Waals surface area (Å²) in [5, 5.41) is 3.64. The van der Waals surface area contributed by atoms with Crippen LogP contribution in [0.2, 0.25) is 0 Å². The van der Waals surface area contributed by atoms with Crippen LogP contribution in [0.15, 0.2) is 48.5 Å². The molecule has 4 bridgehead atoms. The lowest BCUT2D eigenvalue weighted by Crippen LogP contribution is -2.48. The Hall–Kier alpha value is -1.76. The van der Waals surface area contributed by atoms with Gasteiger partial charge in [0, 0.05) is 11.4 Å². The van der Waals surface area contributed by atoms with Gasteiger partial charge in [-0.25, -0.2) is 0 Å². The minimum atomic E-state index is 0.509. The Kier molecular flexibility index (Phi) is 4.47. The molecule has 2 aromatic rings. The molecule has 152 valence electrons. The summed E-state index contributed by atoms with van der Waals surface area (Å²) in [5.74, 6) is 3.84. The Morgan fingerprint density at radius 3 is 1.69 bits per heavy atom. The Balaban J connectivity index is 1.15. The smallest absolute Gasteiger partial charge is 0.0384 e. The number of hydrogen-bond acceptors (Lipinski definition) is 1. The topological polar surface area (TPSA) is 12.0 Å². The van der Waals surface area contributed by atoms with E-state index in [1.807, 2.05) is 0 Å². The van der Waals surface area contributed by atoms with E-state index in [1.54, 1.807) is 5.56 Å². The summed E-state index contributed by atoms with van der Waals surface area (Å²) < 4.78 is 0. The van der Waals surface area contributed by atoms with Crippen LogP contribution in [-0.2, 0) is 5.41 Å². The highest BCUT2D eigenvalue weighted by Crippen LogP contribution is 2.60. The first kappa shape index (κ1) is 18.0. The van der Waals surface area contributed by atoms with Gasteiger partial charge in [0.25, 0.3) is 0 Å². The van der Waals surface area contributed by atoms with Crippen molar-refractivity contribution < 1.29 is 0 Å². The van der Waals surface area contributed by atoms with Gasteiger partial charge in [-0.15, -0.1) is 0 Å². The predicted molar refractivity (Wildman–Crippen MR) is 122 cm³/mol. The second-order valence-electron chi connectivity index (χ2n) is 10.9. The number of hydrogen-bond donors (Lipinski definition) is 1. The third kappa shape index (κ3) is 3.41. The van der Waals surface area contributed by atoms with E-state index in [2.05, 4.69) is 53.8 Å². The van der Waals surface area contributed by atoms with Gasteiger partial charge < -0.3 is 5.32 Å². The first-order chi connectivity index (χ1) is 14.3. The third-order valence-corrected chi connectivity index (χ3v) is 8.81. The minimum Gasteiger partial charge on any atom is -0.356 e. The van der Waals surface area contributed by atoms with Crippen molar-refractivity contribution >= 4 is 11.4 Å². The van der Waals surface area contributed by atoms with Crippen molar-refractivity contribution in [1.29, 1.82) is 0 Å². The molecule has 5 aliphatic carbocycles. The van der Waals surface area contributed by atoms with Crippen LogP contribution < -0.4 is 5.32 Å². The number of benzene rings is 2. The molecular weight excluding hydrogens is 350 g/mol. The first-order valence-electron chi connectivity index (χ1n) is 12.2. The largest absolute Gasteiger partial charge is 0.356 e. The molecule has 1 nitrogen and oxygen atoms in total. The summed E-state index contributed by atoms with van der Waals surface area (Å²) in [7, 11) is 0. The molecule has 2 aromatic carbocycles. The SMILES string of the molecule is c1cc(C2CCCCC2)ccc1Nc1ccc(C23CC4CC(CC(C4)C2)C3)cc1. The van der Waals surface area contributed by atoms with Crippen LogP contribution in [0.5, 0.6) is 0 Å². The predicted octanol–water partition coefficient (Wildman–Crippen LogP) is 7.95. The molecular formula is C28H35N. The van der Waals surface area contributed by atoms with Crippen molar-refractivity contribution in [2.75, 3.05) is 5.32 Å². The van der Waals surface area contributed by atoms with E-state index in [1.165, 1.54) is 87.6 Å². The summed E-state index contributed by atoms with van der Waals surface area (Å²) in [5.41, 5.74) is 6.10. The van der Waals surface area contributed by atoms with Gasteiger partial charge in [0.1, 0.15) is 0 Å². The van der Waals surface area contributed by atoms with E-state index >= 15 is 0 Å². The van der Waals surface area contributed by atoms with Crippen LogP contribution in [0, 0.1) is 17.8 Å². The molecule has 0 heterocycles. The zero-order valence-corrected chi connectivity index (χ0v) is 17.7. The van der Waals surface area contributed by atoms with Crippen molar-refractivity contribution in [3.63, 3.8) is 0 Å². The Morgan fingerprint density at radius 1 is 0.621 bits per heavy atom. The summed E-state index contributed by atoms with van der Waals surface area (Å²) in [6, 6.07) is 18.8. The summed E-state index contributed by atoms with van der Waals surface area (Å²) in [6.07, 6.45) is 15.9. The van der Waals surface area contributed by atoms with Crippen molar-refractivity contribution in [1.82, 2.24) is 0 Å². The summed E-state index contributed by atoms with van der Waals surface area (Å²) >= 11 is 0. The molecule has 5 aliphatic rings. The van der Waals surface area contributed by atoms with E-state index in [9.17, 15) is 0 Å². The second kappa shape index (κ2) is 7.18. The minimum absolute atomic E-state index is 0.509. The van der Waals surface area contributed by atoms with Crippen LogP contribution in [0.3, 0.4) is 0 Å². The van der Waals surface area contributed by atoms with Crippen LogP contribution in [-0.4, -0.2) is 0 Å². The number of rotatable bonds is 4. The van der Waals surface area contributed by atoms with Crippen LogP contribution in [0.4, 0.5) is 11.4 Å². The molecule has 5 saturated carbocycles. The maximum Gasteiger partial charge on any atom is 0.0384 e. The molecule has 7 rings (SSSR count). The Morgan fingerprint density at radius 2 is 1.14 bits per heavy atom. The highest BCUT2D eigenvalue weighted by molar-refractivity contribution is 5.60. The second-order valence-corrected chi connectivity index (χ2v) is 10.9. The summed E-state index contributed by atoms with van der Waals surface area (Å²) in [6.45, 7) is 0. The van der Waals surface area contributed by atoms with E-state index in [0.29, 0.717) is 5.41 Å². The maximum atomic E-state index is 3.64. The average Bonchev–Trinajstić information content (AvgIpc) is 2.74. The van der Waals surface area contributed by atoms with Crippen molar-refractivity contribution in [3.8, 4) is 0 Å². The monoisotopic (exact) mass is 385 g/mol. The van der Waals surface area contributed by atoms with Crippen LogP contribution in [0.1, 0.15) is 87.7 Å². The molecule has 1 N–H and O–H groups in total. The van der Waals surface area contributed by atoms with Gasteiger partial charge in [0.05, 0.1) is 0 Å². The number of nitrogens with one attached hydrogen (secondary N) is 1. The highest BCUT2D eigenvalue weighted by atomic mass is 14.9. The van der Waals surface area contributed by atoms with Gasteiger partial charge in [0.15, 0.2) is 0 Å². The van der Waals surface area contributed by atoms with E-state index in [4.69, 9.17) is 0 Å². The fraction of sp³-hybridized carbons (Fsp3) is 0.571. The van der Waals surface area contributed by atoms with E-state index in [0.717, 1.165) is 23.7 Å². The van der Waals surface area contributed by atoms with Gasteiger partial charge in [-0.05, 0) is 116 Å².